The second-order valence-corrected chi connectivity index (χ2v) is 8.43. The lowest BCUT2D eigenvalue weighted by Gasteiger charge is -2.50. The van der Waals surface area contributed by atoms with Crippen molar-refractivity contribution >= 4 is 12.1 Å². The Kier molecular flexibility index (Phi) is 5.13. The van der Waals surface area contributed by atoms with E-state index in [1.165, 1.54) is 37.7 Å². The van der Waals surface area contributed by atoms with Crippen LogP contribution in [0, 0.1) is 23.2 Å². The van der Waals surface area contributed by atoms with Crippen LogP contribution in [0.3, 0.4) is 0 Å². The van der Waals surface area contributed by atoms with E-state index in [2.05, 4.69) is 13.8 Å². The topological polar surface area (TPSA) is 34.1 Å². The number of carbonyl (C=O) groups excluding carboxylic acids is 2. The summed E-state index contributed by atoms with van der Waals surface area (Å²) in [6, 6.07) is 0. The molecule has 132 valence electrons. The van der Waals surface area contributed by atoms with Gasteiger partial charge in [0.05, 0.1) is 0 Å². The summed E-state index contributed by atoms with van der Waals surface area (Å²) in [6.07, 6.45) is 13.3. The molecule has 2 nitrogen and oxygen atoms in total. The molecule has 0 radical (unpaired) electrons. The molecule has 0 heterocycles. The second kappa shape index (κ2) is 6.98. The second-order valence-electron chi connectivity index (χ2n) is 8.43. The van der Waals surface area contributed by atoms with E-state index in [1.54, 1.807) is 0 Å². The monoisotopic (exact) mass is 328 g/mol. The average molecular weight is 328 g/mol. The molecular formula is C22H32O2. The highest BCUT2D eigenvalue weighted by Gasteiger charge is 2.48. The van der Waals surface area contributed by atoms with Crippen LogP contribution in [0.25, 0.3) is 0 Å². The summed E-state index contributed by atoms with van der Waals surface area (Å²) < 4.78 is 0. The zero-order valence-electron chi connectivity index (χ0n) is 15.6. The minimum absolute atomic E-state index is 0.311. The van der Waals surface area contributed by atoms with Crippen LogP contribution in [0.5, 0.6) is 0 Å². The molecule has 4 rings (SSSR count). The first kappa shape index (κ1) is 17.6. The molecule has 24 heavy (non-hydrogen) atoms. The summed E-state index contributed by atoms with van der Waals surface area (Å²) in [7, 11) is 0. The number of hydrogen-bond acceptors (Lipinski definition) is 2. The lowest BCUT2D eigenvalue weighted by Crippen LogP contribution is -2.40. The molecule has 0 amide bonds. The van der Waals surface area contributed by atoms with Crippen LogP contribution in [0.1, 0.15) is 78.6 Å². The Morgan fingerprint density at radius 3 is 2.58 bits per heavy atom. The summed E-state index contributed by atoms with van der Waals surface area (Å²) in [5.74, 6) is 2.95. The molecule has 3 unspecified atom stereocenters. The molecule has 2 saturated carbocycles. The third kappa shape index (κ3) is 2.93. The molecule has 4 aliphatic rings. The van der Waals surface area contributed by atoms with E-state index in [-0.39, 0.29) is 0 Å². The minimum Gasteiger partial charge on any atom is -0.303 e. The predicted octanol–water partition coefficient (Wildman–Crippen LogP) is 5.42. The van der Waals surface area contributed by atoms with Crippen molar-refractivity contribution in [1.82, 2.24) is 0 Å². The van der Waals surface area contributed by atoms with Crippen LogP contribution in [0.15, 0.2) is 22.8 Å². The van der Waals surface area contributed by atoms with Gasteiger partial charge in [-0.15, -0.1) is 0 Å². The van der Waals surface area contributed by atoms with E-state index in [0.29, 0.717) is 17.6 Å². The quantitative estimate of drug-likeness (QED) is 0.475. The molecule has 4 atom stereocenters. The van der Waals surface area contributed by atoms with Gasteiger partial charge >= 0.3 is 0 Å². The Morgan fingerprint density at radius 2 is 1.88 bits per heavy atom. The zero-order valence-corrected chi connectivity index (χ0v) is 15.6. The Labute approximate surface area is 146 Å². The van der Waals surface area contributed by atoms with Crippen LogP contribution in [-0.2, 0) is 9.59 Å². The SMILES string of the molecule is CC1CCC2=C3CCC4=CC(=O)CC[C@]4(C)C3CCC21.CCC=O. The lowest BCUT2D eigenvalue weighted by molar-refractivity contribution is -0.116. The molecule has 0 saturated heterocycles. The van der Waals surface area contributed by atoms with Gasteiger partial charge < -0.3 is 4.79 Å². The van der Waals surface area contributed by atoms with Gasteiger partial charge in [-0.25, -0.2) is 0 Å². The molecule has 0 aliphatic heterocycles. The Hall–Kier alpha value is -1.18. The standard InChI is InChI=1S/C19H26O.C3H6O/c1-12-3-5-16-15(12)7-8-18-17(16)6-4-13-11-14(20)9-10-19(13,18)2;1-2-3-4/h11-12,15,18H,3-10H2,1-2H3;3H,2H2,1H3/t12?,15?,18?,19-;/m0./s1. The number of allylic oxidation sites excluding steroid dienone is 4. The van der Waals surface area contributed by atoms with Crippen molar-refractivity contribution in [1.29, 1.82) is 0 Å². The normalized spacial score (nSPS) is 37.5. The van der Waals surface area contributed by atoms with Crippen molar-refractivity contribution in [3.63, 3.8) is 0 Å². The fourth-order valence-corrected chi connectivity index (χ4v) is 5.75. The molecular weight excluding hydrogens is 296 g/mol. The zero-order chi connectivity index (χ0) is 17.3. The molecule has 0 aromatic carbocycles. The number of hydrogen-bond donors (Lipinski definition) is 0. The molecule has 0 aromatic heterocycles. The van der Waals surface area contributed by atoms with Crippen LogP contribution >= 0.6 is 0 Å². The Morgan fingerprint density at radius 1 is 1.12 bits per heavy atom. The summed E-state index contributed by atoms with van der Waals surface area (Å²) in [5.41, 5.74) is 5.48. The largest absolute Gasteiger partial charge is 0.303 e. The van der Waals surface area contributed by atoms with Gasteiger partial charge in [-0.2, -0.15) is 0 Å². The van der Waals surface area contributed by atoms with Crippen molar-refractivity contribution < 1.29 is 9.59 Å². The van der Waals surface area contributed by atoms with Gasteiger partial charge in [0, 0.05) is 12.8 Å². The first-order valence-electron chi connectivity index (χ1n) is 9.90. The molecule has 2 heteroatoms. The Balaban J connectivity index is 0.000000383. The summed E-state index contributed by atoms with van der Waals surface area (Å²) in [6.45, 7) is 6.72. The summed E-state index contributed by atoms with van der Waals surface area (Å²) >= 11 is 0. The van der Waals surface area contributed by atoms with E-state index in [0.717, 1.165) is 43.3 Å². The highest BCUT2D eigenvalue weighted by atomic mass is 16.1. The van der Waals surface area contributed by atoms with Crippen LogP contribution in [-0.4, -0.2) is 12.1 Å². The smallest absolute Gasteiger partial charge is 0.155 e. The van der Waals surface area contributed by atoms with Crippen molar-refractivity contribution in [2.24, 2.45) is 23.2 Å². The highest BCUT2D eigenvalue weighted by Crippen LogP contribution is 2.59. The van der Waals surface area contributed by atoms with Gasteiger partial charge in [-0.1, -0.05) is 37.5 Å². The van der Waals surface area contributed by atoms with Crippen molar-refractivity contribution in [2.45, 2.75) is 78.6 Å². The van der Waals surface area contributed by atoms with Gasteiger partial charge in [-0.3, -0.25) is 4.79 Å². The summed E-state index contributed by atoms with van der Waals surface area (Å²) in [5, 5.41) is 0. The predicted molar refractivity (Wildman–Crippen MR) is 97.7 cm³/mol. The fourth-order valence-electron chi connectivity index (χ4n) is 5.75. The van der Waals surface area contributed by atoms with Gasteiger partial charge in [-0.05, 0) is 74.2 Å². The van der Waals surface area contributed by atoms with E-state index in [4.69, 9.17) is 0 Å². The Bertz CT molecular complexity index is 583. The maximum Gasteiger partial charge on any atom is 0.155 e. The van der Waals surface area contributed by atoms with E-state index in [1.807, 2.05) is 24.1 Å². The first-order chi connectivity index (χ1) is 11.5. The lowest BCUT2D eigenvalue weighted by atomic mass is 9.54. The van der Waals surface area contributed by atoms with Crippen molar-refractivity contribution in [3.8, 4) is 0 Å². The maximum absolute atomic E-state index is 11.8. The molecule has 4 aliphatic carbocycles. The molecule has 0 spiro atoms. The highest BCUT2D eigenvalue weighted by molar-refractivity contribution is 5.91. The average Bonchev–Trinajstić information content (AvgIpc) is 2.97. The number of fused-ring (bicyclic) bond motifs is 4. The van der Waals surface area contributed by atoms with E-state index >= 15 is 0 Å². The first-order valence-corrected chi connectivity index (χ1v) is 9.90. The molecule has 0 bridgehead atoms. The van der Waals surface area contributed by atoms with Crippen LogP contribution in [0.2, 0.25) is 0 Å². The van der Waals surface area contributed by atoms with Gasteiger partial charge in [0.25, 0.3) is 0 Å². The van der Waals surface area contributed by atoms with Gasteiger partial charge in [0.1, 0.15) is 6.29 Å². The van der Waals surface area contributed by atoms with Crippen molar-refractivity contribution in [3.05, 3.63) is 22.8 Å². The van der Waals surface area contributed by atoms with Gasteiger partial charge in [0.15, 0.2) is 5.78 Å². The third-order valence-corrected chi connectivity index (χ3v) is 7.16. The van der Waals surface area contributed by atoms with E-state index < -0.39 is 0 Å². The summed E-state index contributed by atoms with van der Waals surface area (Å²) in [4.78, 5) is 20.9. The maximum atomic E-state index is 11.8. The van der Waals surface area contributed by atoms with Gasteiger partial charge in [0.2, 0.25) is 0 Å². The van der Waals surface area contributed by atoms with E-state index in [9.17, 15) is 9.59 Å². The molecule has 0 aromatic rings. The molecule has 2 fully saturated rings. The van der Waals surface area contributed by atoms with Crippen LogP contribution < -0.4 is 0 Å². The number of carbonyl (C=O) groups is 2. The minimum atomic E-state index is 0.311. The number of aldehydes is 1. The molecule has 0 N–H and O–H groups in total. The third-order valence-electron chi connectivity index (χ3n) is 7.16. The number of ketones is 1. The van der Waals surface area contributed by atoms with Crippen LogP contribution in [0.4, 0.5) is 0 Å². The number of rotatable bonds is 1. The van der Waals surface area contributed by atoms with Crippen molar-refractivity contribution in [2.75, 3.05) is 0 Å². The fraction of sp³-hybridized carbons (Fsp3) is 0.727.